The standard InChI is InChI=1S/C22H30N2O5S/c1-7-18(17-9-11-20(28-4)16(3)13-17)23-22(25)14-24(30(6,26)27)19-12-15(2)8-10-21(19)29-5/h8-13,18H,7,14H2,1-6H3,(H,23,25). The van der Waals surface area contributed by atoms with Gasteiger partial charge in [-0.15, -0.1) is 0 Å². The molecule has 0 fully saturated rings. The third-order valence-corrected chi connectivity index (χ3v) is 5.98. The number of hydrogen-bond acceptors (Lipinski definition) is 5. The highest BCUT2D eigenvalue weighted by Gasteiger charge is 2.25. The van der Waals surface area contributed by atoms with E-state index >= 15 is 0 Å². The first-order chi connectivity index (χ1) is 14.1. The van der Waals surface area contributed by atoms with Gasteiger partial charge in [0.1, 0.15) is 18.0 Å². The Balaban J connectivity index is 2.28. The van der Waals surface area contributed by atoms with Gasteiger partial charge >= 0.3 is 0 Å². The number of nitrogens with one attached hydrogen (secondary N) is 1. The highest BCUT2D eigenvalue weighted by molar-refractivity contribution is 7.92. The van der Waals surface area contributed by atoms with Gasteiger partial charge in [-0.2, -0.15) is 0 Å². The first-order valence-electron chi connectivity index (χ1n) is 9.67. The van der Waals surface area contributed by atoms with E-state index in [4.69, 9.17) is 9.47 Å². The van der Waals surface area contributed by atoms with Crippen molar-refractivity contribution >= 4 is 21.6 Å². The van der Waals surface area contributed by atoms with E-state index in [9.17, 15) is 13.2 Å². The molecule has 0 aromatic heterocycles. The van der Waals surface area contributed by atoms with Crippen LogP contribution in [0.3, 0.4) is 0 Å². The molecule has 2 rings (SSSR count). The number of nitrogens with zero attached hydrogens (tertiary/aromatic N) is 1. The molecule has 8 heteroatoms. The lowest BCUT2D eigenvalue weighted by Crippen LogP contribution is -2.41. The minimum Gasteiger partial charge on any atom is -0.496 e. The number of carbonyl (C=O) groups is 1. The maximum atomic E-state index is 12.8. The van der Waals surface area contributed by atoms with Gasteiger partial charge in [0.15, 0.2) is 0 Å². The summed E-state index contributed by atoms with van der Waals surface area (Å²) in [6, 6.07) is 10.7. The molecule has 0 aliphatic rings. The Kier molecular flexibility index (Phi) is 7.72. The van der Waals surface area contributed by atoms with Gasteiger partial charge in [0.05, 0.1) is 32.2 Å². The average Bonchev–Trinajstić information content (AvgIpc) is 2.69. The molecule has 30 heavy (non-hydrogen) atoms. The van der Waals surface area contributed by atoms with Gasteiger partial charge in [-0.25, -0.2) is 8.42 Å². The molecular formula is C22H30N2O5S. The van der Waals surface area contributed by atoms with Gasteiger partial charge in [0.25, 0.3) is 0 Å². The zero-order valence-corrected chi connectivity index (χ0v) is 19.2. The van der Waals surface area contributed by atoms with Crippen molar-refractivity contribution in [3.63, 3.8) is 0 Å². The lowest BCUT2D eigenvalue weighted by Gasteiger charge is -2.26. The fourth-order valence-electron chi connectivity index (χ4n) is 3.29. The fraction of sp³-hybridized carbons (Fsp3) is 0.409. The van der Waals surface area contributed by atoms with E-state index in [0.717, 1.165) is 33.0 Å². The molecule has 1 unspecified atom stereocenters. The van der Waals surface area contributed by atoms with Crippen LogP contribution < -0.4 is 19.1 Å². The van der Waals surface area contributed by atoms with E-state index in [-0.39, 0.29) is 12.6 Å². The van der Waals surface area contributed by atoms with Crippen molar-refractivity contribution in [3.05, 3.63) is 53.1 Å². The van der Waals surface area contributed by atoms with E-state index in [1.807, 2.05) is 45.0 Å². The number of amides is 1. The third-order valence-electron chi connectivity index (χ3n) is 4.86. The Hall–Kier alpha value is -2.74. The molecule has 0 bridgehead atoms. The van der Waals surface area contributed by atoms with E-state index in [0.29, 0.717) is 17.9 Å². The van der Waals surface area contributed by atoms with Crippen molar-refractivity contribution < 1.29 is 22.7 Å². The number of anilines is 1. The highest BCUT2D eigenvalue weighted by Crippen LogP contribution is 2.31. The molecule has 0 radical (unpaired) electrons. The first kappa shape index (κ1) is 23.5. The topological polar surface area (TPSA) is 84.9 Å². The van der Waals surface area contributed by atoms with E-state index in [1.165, 1.54) is 7.11 Å². The summed E-state index contributed by atoms with van der Waals surface area (Å²) in [5.74, 6) is 0.760. The molecule has 0 heterocycles. The Bertz CT molecular complexity index is 1000. The summed E-state index contributed by atoms with van der Waals surface area (Å²) in [5, 5.41) is 2.95. The molecule has 1 N–H and O–H groups in total. The Morgan fingerprint density at radius 1 is 1.07 bits per heavy atom. The van der Waals surface area contributed by atoms with Gasteiger partial charge in [-0.1, -0.05) is 25.1 Å². The highest BCUT2D eigenvalue weighted by atomic mass is 32.2. The predicted octanol–water partition coefficient (Wildman–Crippen LogP) is 3.35. The van der Waals surface area contributed by atoms with E-state index in [2.05, 4.69) is 5.32 Å². The normalized spacial score (nSPS) is 12.2. The molecule has 0 spiro atoms. The quantitative estimate of drug-likeness (QED) is 0.654. The van der Waals surface area contributed by atoms with Crippen LogP contribution in [0.5, 0.6) is 11.5 Å². The molecule has 1 atom stereocenters. The van der Waals surface area contributed by atoms with Crippen molar-refractivity contribution in [2.45, 2.75) is 33.2 Å². The predicted molar refractivity (Wildman–Crippen MR) is 119 cm³/mol. The summed E-state index contributed by atoms with van der Waals surface area (Å²) in [7, 11) is -0.632. The SMILES string of the molecule is CCC(NC(=O)CN(c1cc(C)ccc1OC)S(C)(=O)=O)c1ccc(OC)c(C)c1. The summed E-state index contributed by atoms with van der Waals surface area (Å²) >= 11 is 0. The van der Waals surface area contributed by atoms with Crippen molar-refractivity contribution in [1.82, 2.24) is 5.32 Å². The molecule has 0 saturated heterocycles. The zero-order chi connectivity index (χ0) is 22.5. The van der Waals surface area contributed by atoms with Crippen LogP contribution in [-0.2, 0) is 14.8 Å². The molecule has 0 saturated carbocycles. The maximum Gasteiger partial charge on any atom is 0.241 e. The molecule has 0 aliphatic heterocycles. The van der Waals surface area contributed by atoms with Crippen molar-refractivity contribution in [2.24, 2.45) is 0 Å². The van der Waals surface area contributed by atoms with Crippen LogP contribution >= 0.6 is 0 Å². The molecule has 7 nitrogen and oxygen atoms in total. The second-order valence-corrected chi connectivity index (χ2v) is 9.11. The number of aryl methyl sites for hydroxylation is 2. The number of hydrogen-bond donors (Lipinski definition) is 1. The molecular weight excluding hydrogens is 404 g/mol. The van der Waals surface area contributed by atoms with Crippen LogP contribution in [0.1, 0.15) is 36.1 Å². The summed E-state index contributed by atoms with van der Waals surface area (Å²) in [6.45, 7) is 5.40. The van der Waals surface area contributed by atoms with E-state index in [1.54, 1.807) is 19.2 Å². The Morgan fingerprint density at radius 2 is 1.70 bits per heavy atom. The van der Waals surface area contributed by atoms with Crippen molar-refractivity contribution in [1.29, 1.82) is 0 Å². The zero-order valence-electron chi connectivity index (χ0n) is 18.4. The smallest absolute Gasteiger partial charge is 0.241 e. The monoisotopic (exact) mass is 434 g/mol. The largest absolute Gasteiger partial charge is 0.496 e. The van der Waals surface area contributed by atoms with Gasteiger partial charge < -0.3 is 14.8 Å². The van der Waals surface area contributed by atoms with Crippen LogP contribution in [0, 0.1) is 13.8 Å². The lowest BCUT2D eigenvalue weighted by atomic mass is 10.0. The molecule has 0 aliphatic carbocycles. The number of benzene rings is 2. The first-order valence-corrected chi connectivity index (χ1v) is 11.5. The second-order valence-electron chi connectivity index (χ2n) is 7.20. The molecule has 164 valence electrons. The lowest BCUT2D eigenvalue weighted by molar-refractivity contribution is -0.120. The molecule has 2 aromatic carbocycles. The van der Waals surface area contributed by atoms with Crippen LogP contribution in [0.15, 0.2) is 36.4 Å². The average molecular weight is 435 g/mol. The number of sulfonamides is 1. The van der Waals surface area contributed by atoms with Crippen LogP contribution in [0.2, 0.25) is 0 Å². The summed E-state index contributed by atoms with van der Waals surface area (Å²) < 4.78 is 36.6. The van der Waals surface area contributed by atoms with Crippen molar-refractivity contribution in [3.8, 4) is 11.5 Å². The number of rotatable bonds is 9. The summed E-state index contributed by atoms with van der Waals surface area (Å²) in [4.78, 5) is 12.8. The Morgan fingerprint density at radius 3 is 2.23 bits per heavy atom. The number of carbonyl (C=O) groups excluding carboxylic acids is 1. The summed E-state index contributed by atoms with van der Waals surface area (Å²) in [6.07, 6.45) is 1.73. The fourth-order valence-corrected chi connectivity index (χ4v) is 4.14. The minimum absolute atomic E-state index is 0.247. The van der Waals surface area contributed by atoms with E-state index < -0.39 is 15.9 Å². The van der Waals surface area contributed by atoms with Crippen molar-refractivity contribution in [2.75, 3.05) is 31.3 Å². The number of ether oxygens (including phenoxy) is 2. The van der Waals surface area contributed by atoms with Crippen LogP contribution in [-0.4, -0.2) is 41.3 Å². The molecule has 2 aromatic rings. The van der Waals surface area contributed by atoms with Gasteiger partial charge in [-0.3, -0.25) is 9.10 Å². The maximum absolute atomic E-state index is 12.8. The minimum atomic E-state index is -3.71. The Labute approximate surface area is 179 Å². The number of methoxy groups -OCH3 is 2. The van der Waals surface area contributed by atoms with Gasteiger partial charge in [0.2, 0.25) is 15.9 Å². The van der Waals surface area contributed by atoms with Crippen LogP contribution in [0.25, 0.3) is 0 Å². The third kappa shape index (κ3) is 5.66. The van der Waals surface area contributed by atoms with Gasteiger partial charge in [0, 0.05) is 0 Å². The van der Waals surface area contributed by atoms with Crippen LogP contribution in [0.4, 0.5) is 5.69 Å². The summed E-state index contributed by atoms with van der Waals surface area (Å²) in [5.41, 5.74) is 3.09. The van der Waals surface area contributed by atoms with Gasteiger partial charge in [-0.05, 0) is 55.2 Å². The molecule has 1 amide bonds. The second kappa shape index (κ2) is 9.84.